The van der Waals surface area contributed by atoms with Crippen molar-refractivity contribution in [3.63, 3.8) is 0 Å². The van der Waals surface area contributed by atoms with Crippen LogP contribution in [0.25, 0.3) is 0 Å². The minimum Gasteiger partial charge on any atom is -0.457 e. The molecule has 0 saturated heterocycles. The van der Waals surface area contributed by atoms with Gasteiger partial charge in [-0.15, -0.1) is 0 Å². The predicted octanol–water partition coefficient (Wildman–Crippen LogP) is 6.16. The third kappa shape index (κ3) is 6.65. The molecule has 0 heterocycles. The summed E-state index contributed by atoms with van der Waals surface area (Å²) in [6, 6.07) is 14.7. The first-order valence-electron chi connectivity index (χ1n) is 6.76. The summed E-state index contributed by atoms with van der Waals surface area (Å²) >= 11 is 11.7. The Labute approximate surface area is 135 Å². The monoisotopic (exact) mass is 324 g/mol. The van der Waals surface area contributed by atoms with E-state index < -0.39 is 0 Å². The number of hydrogen-bond donors (Lipinski definition) is 0. The summed E-state index contributed by atoms with van der Waals surface area (Å²) in [5, 5.41) is 1.02. The van der Waals surface area contributed by atoms with Crippen LogP contribution >= 0.6 is 23.2 Å². The minimum atomic E-state index is 0.343. The molecule has 2 nitrogen and oxygen atoms in total. The first kappa shape index (κ1) is 17.5. The average molecular weight is 325 g/mol. The maximum atomic E-state index is 10.2. The summed E-state index contributed by atoms with van der Waals surface area (Å²) in [6.45, 7) is 3.76. The van der Waals surface area contributed by atoms with Crippen LogP contribution in [0.1, 0.15) is 26.7 Å². The quantitative estimate of drug-likeness (QED) is 0.673. The van der Waals surface area contributed by atoms with Crippen molar-refractivity contribution in [3.8, 4) is 11.5 Å². The minimum absolute atomic E-state index is 0.343. The van der Waals surface area contributed by atoms with Gasteiger partial charge in [0, 0.05) is 18.9 Å². The fourth-order valence-electron chi connectivity index (χ4n) is 1.41. The molecule has 0 saturated carbocycles. The number of halogens is 2. The molecule has 0 atom stereocenters. The predicted molar refractivity (Wildman–Crippen MR) is 88.6 cm³/mol. The second-order valence-electron chi connectivity index (χ2n) is 4.24. The van der Waals surface area contributed by atoms with Gasteiger partial charge in [0.25, 0.3) is 0 Å². The molecule has 4 heteroatoms. The molecule has 0 spiro atoms. The second-order valence-corrected chi connectivity index (χ2v) is 5.05. The van der Waals surface area contributed by atoms with Crippen LogP contribution in [0.15, 0.2) is 48.5 Å². The van der Waals surface area contributed by atoms with Crippen LogP contribution in [-0.4, -0.2) is 5.78 Å². The van der Waals surface area contributed by atoms with Crippen LogP contribution in [0.4, 0.5) is 0 Å². The lowest BCUT2D eigenvalue weighted by Crippen LogP contribution is -1.88. The van der Waals surface area contributed by atoms with E-state index in [4.69, 9.17) is 27.9 Å². The van der Waals surface area contributed by atoms with E-state index in [1.165, 1.54) is 0 Å². The Balaban J connectivity index is 0.000000315. The fraction of sp³-hybridized carbons (Fsp3) is 0.235. The summed E-state index contributed by atoms with van der Waals surface area (Å²) in [4.78, 5) is 10.2. The molecule has 0 aliphatic carbocycles. The van der Waals surface area contributed by atoms with E-state index in [-0.39, 0.29) is 0 Å². The van der Waals surface area contributed by atoms with Crippen molar-refractivity contribution < 1.29 is 9.53 Å². The van der Waals surface area contributed by atoms with Gasteiger partial charge in [-0.25, -0.2) is 0 Å². The molecule has 0 fully saturated rings. The zero-order valence-electron chi connectivity index (χ0n) is 12.1. The molecule has 0 radical (unpaired) electrons. The number of carbonyl (C=O) groups excluding carboxylic acids is 1. The Morgan fingerprint density at radius 1 is 0.905 bits per heavy atom. The van der Waals surface area contributed by atoms with Crippen LogP contribution < -0.4 is 4.74 Å². The molecule has 0 aliphatic heterocycles. The highest BCUT2D eigenvalue weighted by atomic mass is 35.5. The first-order valence-corrected chi connectivity index (χ1v) is 7.52. The topological polar surface area (TPSA) is 26.3 Å². The molecule has 0 unspecified atom stereocenters. The summed E-state index contributed by atoms with van der Waals surface area (Å²) in [5.74, 6) is 1.79. The van der Waals surface area contributed by atoms with Crippen LogP contribution in [0.3, 0.4) is 0 Å². The molecule has 0 amide bonds. The van der Waals surface area contributed by atoms with Crippen molar-refractivity contribution in [1.29, 1.82) is 0 Å². The number of carbonyl (C=O) groups is 1. The maximum absolute atomic E-state index is 10.2. The highest BCUT2D eigenvalue weighted by Crippen LogP contribution is 2.29. The molecule has 0 aliphatic rings. The lowest BCUT2D eigenvalue weighted by Gasteiger charge is -2.05. The van der Waals surface area contributed by atoms with Crippen LogP contribution in [0.5, 0.6) is 11.5 Å². The molecule has 0 aromatic heterocycles. The van der Waals surface area contributed by atoms with Gasteiger partial charge < -0.3 is 4.74 Å². The summed E-state index contributed by atoms with van der Waals surface area (Å²) in [5.41, 5.74) is 0. The number of para-hydroxylation sites is 1. The Morgan fingerprint density at radius 3 is 2.00 bits per heavy atom. The fourth-order valence-corrected chi connectivity index (χ4v) is 1.70. The van der Waals surface area contributed by atoms with Crippen molar-refractivity contribution in [2.75, 3.05) is 0 Å². The van der Waals surface area contributed by atoms with E-state index in [1.54, 1.807) is 18.2 Å². The van der Waals surface area contributed by atoms with Gasteiger partial charge in [-0.05, 0) is 24.3 Å². The largest absolute Gasteiger partial charge is 0.457 e. The second kappa shape index (κ2) is 9.43. The molecule has 2 aromatic rings. The number of benzene rings is 2. The lowest BCUT2D eigenvalue weighted by molar-refractivity contribution is -0.118. The Morgan fingerprint density at radius 2 is 1.52 bits per heavy atom. The van der Waals surface area contributed by atoms with Crippen LogP contribution in [0, 0.1) is 0 Å². The lowest BCUT2D eigenvalue weighted by atomic mass is 10.3. The summed E-state index contributed by atoms with van der Waals surface area (Å²) < 4.78 is 5.57. The van der Waals surface area contributed by atoms with Crippen LogP contribution in [-0.2, 0) is 4.79 Å². The van der Waals surface area contributed by atoms with Gasteiger partial charge in [0.15, 0.2) is 0 Å². The van der Waals surface area contributed by atoms with Crippen molar-refractivity contribution in [3.05, 3.63) is 58.6 Å². The van der Waals surface area contributed by atoms with Gasteiger partial charge in [0.05, 0.1) is 10.0 Å². The van der Waals surface area contributed by atoms with Crippen LogP contribution in [0.2, 0.25) is 10.0 Å². The molecule has 2 aromatic carbocycles. The molecular formula is C17H18Cl2O2. The molecule has 112 valence electrons. The van der Waals surface area contributed by atoms with Gasteiger partial charge in [-0.3, -0.25) is 4.79 Å². The third-order valence-electron chi connectivity index (χ3n) is 2.66. The Bertz CT molecular complexity index is 562. The van der Waals surface area contributed by atoms with E-state index in [0.29, 0.717) is 34.4 Å². The number of Topliss-reactive ketones (excluding diaryl/α,β-unsaturated/α-hetero) is 1. The molecule has 0 bridgehead atoms. The Kier molecular flexibility index (Phi) is 7.88. The van der Waals surface area contributed by atoms with E-state index >= 15 is 0 Å². The standard InChI is InChI=1S/C12H8Cl2O.C5H10O/c13-11-7-6-10(8-12(11)14)15-9-4-2-1-3-5-9;1-3-5(6)4-2/h1-8H;3-4H2,1-2H3. The smallest absolute Gasteiger partial charge is 0.132 e. The number of rotatable bonds is 4. The van der Waals surface area contributed by atoms with E-state index in [0.717, 1.165) is 5.75 Å². The third-order valence-corrected chi connectivity index (χ3v) is 3.40. The normalized spacial score (nSPS) is 9.52. The van der Waals surface area contributed by atoms with Gasteiger partial charge >= 0.3 is 0 Å². The SMILES string of the molecule is CCC(=O)CC.Clc1ccc(Oc2ccccc2)cc1Cl. The van der Waals surface area contributed by atoms with Crippen molar-refractivity contribution in [2.24, 2.45) is 0 Å². The van der Waals surface area contributed by atoms with E-state index in [2.05, 4.69) is 0 Å². The average Bonchev–Trinajstić information content (AvgIpc) is 2.52. The summed E-state index contributed by atoms with van der Waals surface area (Å²) in [6.07, 6.45) is 1.38. The van der Waals surface area contributed by atoms with E-state index in [1.807, 2.05) is 44.2 Å². The molecular weight excluding hydrogens is 307 g/mol. The van der Waals surface area contributed by atoms with Crippen molar-refractivity contribution in [2.45, 2.75) is 26.7 Å². The number of ketones is 1. The number of hydrogen-bond acceptors (Lipinski definition) is 2. The van der Waals surface area contributed by atoms with Gasteiger partial charge in [0.1, 0.15) is 17.3 Å². The maximum Gasteiger partial charge on any atom is 0.132 e. The van der Waals surface area contributed by atoms with Gasteiger partial charge in [-0.2, -0.15) is 0 Å². The molecule has 2 rings (SSSR count). The zero-order chi connectivity index (χ0) is 15.7. The molecule has 21 heavy (non-hydrogen) atoms. The Hall–Kier alpha value is -1.51. The van der Waals surface area contributed by atoms with E-state index in [9.17, 15) is 4.79 Å². The summed E-state index contributed by atoms with van der Waals surface area (Å²) in [7, 11) is 0. The number of ether oxygens (including phenoxy) is 1. The highest BCUT2D eigenvalue weighted by Gasteiger charge is 2.00. The van der Waals surface area contributed by atoms with Crippen molar-refractivity contribution in [1.82, 2.24) is 0 Å². The van der Waals surface area contributed by atoms with Gasteiger partial charge in [-0.1, -0.05) is 55.2 Å². The first-order chi connectivity index (χ1) is 10.1. The van der Waals surface area contributed by atoms with Crippen molar-refractivity contribution >= 4 is 29.0 Å². The zero-order valence-corrected chi connectivity index (χ0v) is 13.6. The van der Waals surface area contributed by atoms with Gasteiger partial charge in [0.2, 0.25) is 0 Å². The highest BCUT2D eigenvalue weighted by molar-refractivity contribution is 6.42. The molecule has 0 N–H and O–H groups in total.